The molecule has 0 aliphatic carbocycles. The minimum atomic E-state index is -0.514. The topological polar surface area (TPSA) is 49.8 Å². The average molecular weight is 263 g/mol. The van der Waals surface area contributed by atoms with Crippen LogP contribution in [0.1, 0.15) is 32.4 Å². The maximum atomic E-state index is 11.8. The van der Waals surface area contributed by atoms with Crippen LogP contribution in [0.25, 0.3) is 0 Å². The highest BCUT2D eigenvalue weighted by molar-refractivity contribution is 5.69. The third-order valence-electron chi connectivity index (χ3n) is 3.15. The van der Waals surface area contributed by atoms with Gasteiger partial charge in [0.1, 0.15) is 5.60 Å². The molecular formula is C15H21NO3. The molecule has 0 spiro atoms. The number of hydrogen-bond donors (Lipinski definition) is 1. The molecule has 4 nitrogen and oxygen atoms in total. The zero-order valence-electron chi connectivity index (χ0n) is 11.7. The molecule has 104 valence electrons. The summed E-state index contributed by atoms with van der Waals surface area (Å²) in [6, 6.07) is 9.54. The predicted octanol–water partition coefficient (Wildman–Crippen LogP) is 2.59. The number of aliphatic hydroxyl groups is 1. The van der Waals surface area contributed by atoms with E-state index in [9.17, 15) is 9.90 Å². The van der Waals surface area contributed by atoms with Crippen molar-refractivity contribution in [3.8, 4) is 0 Å². The lowest BCUT2D eigenvalue weighted by atomic mass is 9.89. The Morgan fingerprint density at radius 1 is 1.32 bits per heavy atom. The zero-order valence-corrected chi connectivity index (χ0v) is 11.7. The molecule has 1 aliphatic heterocycles. The summed E-state index contributed by atoms with van der Waals surface area (Å²) in [5.74, 6) is 0.0925. The maximum absolute atomic E-state index is 11.8. The Labute approximate surface area is 114 Å². The van der Waals surface area contributed by atoms with Crippen molar-refractivity contribution < 1.29 is 14.6 Å². The first-order valence-electron chi connectivity index (χ1n) is 6.58. The van der Waals surface area contributed by atoms with E-state index >= 15 is 0 Å². The number of amides is 1. The van der Waals surface area contributed by atoms with Crippen molar-refractivity contribution in [1.29, 1.82) is 0 Å². The fourth-order valence-electron chi connectivity index (χ4n) is 2.11. The summed E-state index contributed by atoms with van der Waals surface area (Å²) in [6.45, 7) is 6.64. The van der Waals surface area contributed by atoms with Gasteiger partial charge in [-0.05, 0) is 26.3 Å². The predicted molar refractivity (Wildman–Crippen MR) is 72.7 cm³/mol. The van der Waals surface area contributed by atoms with E-state index in [4.69, 9.17) is 4.74 Å². The molecule has 1 heterocycles. The molecule has 19 heavy (non-hydrogen) atoms. The number of likely N-dealkylation sites (tertiary alicyclic amines) is 1. The van der Waals surface area contributed by atoms with Crippen molar-refractivity contribution >= 4 is 6.09 Å². The van der Waals surface area contributed by atoms with Crippen molar-refractivity contribution in [3.63, 3.8) is 0 Å². The minimum Gasteiger partial charge on any atom is -0.444 e. The molecule has 1 aromatic rings. The molecule has 1 aromatic carbocycles. The summed E-state index contributed by atoms with van der Waals surface area (Å²) >= 11 is 0. The molecule has 2 rings (SSSR count). The third kappa shape index (κ3) is 3.47. The Kier molecular flexibility index (Phi) is 3.80. The summed E-state index contributed by atoms with van der Waals surface area (Å²) in [4.78, 5) is 13.4. The van der Waals surface area contributed by atoms with Crippen LogP contribution in [0.5, 0.6) is 0 Å². The highest BCUT2D eigenvalue weighted by Crippen LogP contribution is 2.30. The highest BCUT2D eigenvalue weighted by Gasteiger charge is 2.37. The van der Waals surface area contributed by atoms with Crippen molar-refractivity contribution in [2.45, 2.75) is 32.5 Å². The maximum Gasteiger partial charge on any atom is 0.410 e. The van der Waals surface area contributed by atoms with Crippen molar-refractivity contribution in [1.82, 2.24) is 4.90 Å². The second kappa shape index (κ2) is 5.21. The monoisotopic (exact) mass is 263 g/mol. The Hall–Kier alpha value is -1.55. The molecule has 0 bridgehead atoms. The van der Waals surface area contributed by atoms with Gasteiger partial charge in [0.05, 0.1) is 6.10 Å². The number of rotatable bonds is 2. The normalized spacial score (nSPS) is 17.8. The van der Waals surface area contributed by atoms with Gasteiger partial charge in [-0.2, -0.15) is 0 Å². The van der Waals surface area contributed by atoms with Crippen LogP contribution in [0.3, 0.4) is 0 Å². The second-order valence-electron chi connectivity index (χ2n) is 6.00. The Morgan fingerprint density at radius 2 is 1.89 bits per heavy atom. The third-order valence-corrected chi connectivity index (χ3v) is 3.15. The number of nitrogens with zero attached hydrogens (tertiary/aromatic N) is 1. The van der Waals surface area contributed by atoms with E-state index in [1.807, 2.05) is 51.1 Å². The van der Waals surface area contributed by atoms with Crippen LogP contribution in [-0.4, -0.2) is 34.8 Å². The number of ether oxygens (including phenoxy) is 1. The minimum absolute atomic E-state index is 0.0925. The summed E-state index contributed by atoms with van der Waals surface area (Å²) in [6.07, 6.45) is -0.816. The molecule has 1 saturated heterocycles. The van der Waals surface area contributed by atoms with Crippen LogP contribution in [0.4, 0.5) is 4.79 Å². The molecule has 0 unspecified atom stereocenters. The molecule has 1 aliphatic rings. The molecule has 1 atom stereocenters. The molecule has 1 fully saturated rings. The van der Waals surface area contributed by atoms with Gasteiger partial charge in [-0.1, -0.05) is 30.3 Å². The van der Waals surface area contributed by atoms with E-state index in [1.165, 1.54) is 0 Å². The lowest BCUT2D eigenvalue weighted by molar-refractivity contribution is -0.0314. The Balaban J connectivity index is 1.85. The van der Waals surface area contributed by atoms with Gasteiger partial charge in [0.2, 0.25) is 0 Å². The smallest absolute Gasteiger partial charge is 0.410 e. The first kappa shape index (κ1) is 13.9. The van der Waals surface area contributed by atoms with Gasteiger partial charge in [-0.3, -0.25) is 0 Å². The van der Waals surface area contributed by atoms with Crippen molar-refractivity contribution in [3.05, 3.63) is 35.9 Å². The molecule has 4 heteroatoms. The lowest BCUT2D eigenvalue weighted by Gasteiger charge is -2.42. The van der Waals surface area contributed by atoms with Crippen molar-refractivity contribution in [2.75, 3.05) is 13.1 Å². The summed E-state index contributed by atoms with van der Waals surface area (Å²) < 4.78 is 5.28. The molecule has 0 aromatic heterocycles. The fraction of sp³-hybridized carbons (Fsp3) is 0.533. The highest BCUT2D eigenvalue weighted by atomic mass is 16.6. The molecule has 1 amide bonds. The van der Waals surface area contributed by atoms with Crippen LogP contribution in [0, 0.1) is 5.92 Å². The van der Waals surface area contributed by atoms with E-state index in [-0.39, 0.29) is 12.0 Å². The summed E-state index contributed by atoms with van der Waals surface area (Å²) in [5.41, 5.74) is 0.427. The van der Waals surface area contributed by atoms with Gasteiger partial charge in [0, 0.05) is 19.0 Å². The molecule has 1 N–H and O–H groups in total. The number of carbonyl (C=O) groups excluding carboxylic acids is 1. The van der Waals surface area contributed by atoms with E-state index in [1.54, 1.807) is 4.90 Å². The summed E-state index contributed by atoms with van der Waals surface area (Å²) in [5, 5.41) is 10.2. The molecule has 0 saturated carbocycles. The van der Waals surface area contributed by atoms with Crippen LogP contribution >= 0.6 is 0 Å². The quantitative estimate of drug-likeness (QED) is 0.892. The van der Waals surface area contributed by atoms with Crippen LogP contribution in [-0.2, 0) is 4.74 Å². The lowest BCUT2D eigenvalue weighted by Crippen LogP contribution is -2.53. The van der Waals surface area contributed by atoms with Gasteiger partial charge in [0.15, 0.2) is 0 Å². The number of hydrogen-bond acceptors (Lipinski definition) is 3. The summed E-state index contributed by atoms with van der Waals surface area (Å²) in [7, 11) is 0. The van der Waals surface area contributed by atoms with E-state index in [0.29, 0.717) is 13.1 Å². The van der Waals surface area contributed by atoms with Gasteiger partial charge >= 0.3 is 6.09 Å². The average Bonchev–Trinajstić information content (AvgIpc) is 2.25. The van der Waals surface area contributed by atoms with Gasteiger partial charge in [-0.25, -0.2) is 4.79 Å². The van der Waals surface area contributed by atoms with Crippen LogP contribution in [0.2, 0.25) is 0 Å². The van der Waals surface area contributed by atoms with E-state index in [2.05, 4.69) is 0 Å². The Morgan fingerprint density at radius 3 is 2.42 bits per heavy atom. The number of benzene rings is 1. The second-order valence-corrected chi connectivity index (χ2v) is 6.00. The van der Waals surface area contributed by atoms with Gasteiger partial charge in [-0.15, -0.1) is 0 Å². The van der Waals surface area contributed by atoms with E-state index in [0.717, 1.165) is 5.56 Å². The zero-order chi connectivity index (χ0) is 14.0. The van der Waals surface area contributed by atoms with E-state index < -0.39 is 11.7 Å². The number of carbonyl (C=O) groups is 1. The van der Waals surface area contributed by atoms with Crippen LogP contribution in [0.15, 0.2) is 30.3 Å². The SMILES string of the molecule is CC(C)(C)OC(=O)N1CC([C@H](O)c2ccccc2)C1. The van der Waals surface area contributed by atoms with Gasteiger partial charge < -0.3 is 14.7 Å². The molecular weight excluding hydrogens is 242 g/mol. The van der Waals surface area contributed by atoms with Crippen LogP contribution < -0.4 is 0 Å². The number of aliphatic hydroxyl groups excluding tert-OH is 1. The molecule has 0 radical (unpaired) electrons. The van der Waals surface area contributed by atoms with Gasteiger partial charge in [0.25, 0.3) is 0 Å². The standard InChI is InChI=1S/C15H21NO3/c1-15(2,3)19-14(18)16-9-12(10-16)13(17)11-7-5-4-6-8-11/h4-8,12-13,17H,9-10H2,1-3H3/t13-/m1/s1. The fourth-order valence-corrected chi connectivity index (χ4v) is 2.11. The Bertz CT molecular complexity index is 432. The first-order valence-corrected chi connectivity index (χ1v) is 6.58. The van der Waals surface area contributed by atoms with Crippen molar-refractivity contribution in [2.24, 2.45) is 5.92 Å². The first-order chi connectivity index (χ1) is 8.87. The largest absolute Gasteiger partial charge is 0.444 e.